The minimum absolute atomic E-state index is 0.0306. The van der Waals surface area contributed by atoms with E-state index in [0.29, 0.717) is 0 Å². The summed E-state index contributed by atoms with van der Waals surface area (Å²) in [6, 6.07) is 5.77. The van der Waals surface area contributed by atoms with Gasteiger partial charge in [0.15, 0.2) is 0 Å². The molecule has 1 aromatic carbocycles. The zero-order valence-electron chi connectivity index (χ0n) is 12.1. The number of aryl methyl sites for hydroxylation is 1. The van der Waals surface area contributed by atoms with Crippen LogP contribution < -0.4 is 5.32 Å². The van der Waals surface area contributed by atoms with Crippen LogP contribution in [0, 0.1) is 15.9 Å². The fraction of sp³-hybridized carbons (Fsp3) is 0.286. The van der Waals surface area contributed by atoms with Gasteiger partial charge in [-0.2, -0.15) is 5.10 Å². The molecule has 9 heteroatoms. The summed E-state index contributed by atoms with van der Waals surface area (Å²) in [6.45, 7) is 0.0362. The molecule has 2 N–H and O–H groups in total. The molecule has 0 bridgehead atoms. The Morgan fingerprint density at radius 2 is 2.22 bits per heavy atom. The molecule has 1 heterocycles. The van der Waals surface area contributed by atoms with Gasteiger partial charge < -0.3 is 10.4 Å². The lowest BCUT2D eigenvalue weighted by molar-refractivity contribution is -0.385. The SMILES string of the molecule is O=C(CCn1cc([N+](=O)[O-])cn1)NCC(O)c1ccccc1F. The number of aliphatic hydroxyl groups is 1. The van der Waals surface area contributed by atoms with Crippen molar-refractivity contribution in [2.45, 2.75) is 19.1 Å². The lowest BCUT2D eigenvalue weighted by Gasteiger charge is -2.13. The van der Waals surface area contributed by atoms with E-state index in [-0.39, 0.29) is 36.7 Å². The lowest BCUT2D eigenvalue weighted by Crippen LogP contribution is -2.29. The first-order chi connectivity index (χ1) is 11.0. The van der Waals surface area contributed by atoms with Crippen molar-refractivity contribution in [3.8, 4) is 0 Å². The fourth-order valence-corrected chi connectivity index (χ4v) is 1.94. The Morgan fingerprint density at radius 3 is 2.87 bits per heavy atom. The molecule has 2 aromatic rings. The van der Waals surface area contributed by atoms with E-state index in [9.17, 15) is 24.4 Å². The molecule has 0 fully saturated rings. The van der Waals surface area contributed by atoms with Crippen LogP contribution >= 0.6 is 0 Å². The van der Waals surface area contributed by atoms with E-state index in [4.69, 9.17) is 0 Å². The van der Waals surface area contributed by atoms with E-state index in [1.54, 1.807) is 6.07 Å². The quantitative estimate of drug-likeness (QED) is 0.587. The van der Waals surface area contributed by atoms with Crippen LogP contribution in [0.5, 0.6) is 0 Å². The van der Waals surface area contributed by atoms with Crippen molar-refractivity contribution < 1.29 is 19.2 Å². The molecule has 23 heavy (non-hydrogen) atoms. The number of carbonyl (C=O) groups excluding carboxylic acids is 1. The van der Waals surface area contributed by atoms with Crippen LogP contribution in [0.3, 0.4) is 0 Å². The summed E-state index contributed by atoms with van der Waals surface area (Å²) in [4.78, 5) is 21.6. The number of aromatic nitrogens is 2. The Kier molecular flexibility index (Phi) is 5.36. The molecule has 0 radical (unpaired) electrons. The highest BCUT2D eigenvalue weighted by atomic mass is 19.1. The second kappa shape index (κ2) is 7.45. The fourth-order valence-electron chi connectivity index (χ4n) is 1.94. The number of hydrogen-bond donors (Lipinski definition) is 2. The van der Waals surface area contributed by atoms with Crippen LogP contribution in [0.2, 0.25) is 0 Å². The lowest BCUT2D eigenvalue weighted by atomic mass is 10.1. The molecule has 1 unspecified atom stereocenters. The molecule has 1 aromatic heterocycles. The third-order valence-electron chi connectivity index (χ3n) is 3.16. The summed E-state index contributed by atoms with van der Waals surface area (Å²) in [5.74, 6) is -0.920. The summed E-state index contributed by atoms with van der Waals surface area (Å²) < 4.78 is 14.7. The van der Waals surface area contributed by atoms with Gasteiger partial charge in [0.25, 0.3) is 0 Å². The maximum atomic E-state index is 13.5. The van der Waals surface area contributed by atoms with Gasteiger partial charge in [-0.1, -0.05) is 18.2 Å². The first-order valence-electron chi connectivity index (χ1n) is 6.83. The largest absolute Gasteiger partial charge is 0.386 e. The van der Waals surface area contributed by atoms with Crippen LogP contribution in [0.15, 0.2) is 36.7 Å². The summed E-state index contributed by atoms with van der Waals surface area (Å²) in [7, 11) is 0. The Hall–Kier alpha value is -2.81. The number of nitrogens with one attached hydrogen (secondary N) is 1. The van der Waals surface area contributed by atoms with E-state index in [1.807, 2.05) is 0 Å². The maximum Gasteiger partial charge on any atom is 0.306 e. The summed E-state index contributed by atoms with van der Waals surface area (Å²) in [5.41, 5.74) is -0.0455. The molecule has 0 aliphatic carbocycles. The zero-order valence-corrected chi connectivity index (χ0v) is 12.1. The first-order valence-corrected chi connectivity index (χ1v) is 6.83. The summed E-state index contributed by atoms with van der Waals surface area (Å²) in [5, 5.41) is 26.6. The van der Waals surface area contributed by atoms with Crippen molar-refractivity contribution in [1.29, 1.82) is 0 Å². The zero-order chi connectivity index (χ0) is 16.8. The van der Waals surface area contributed by atoms with Gasteiger partial charge in [0, 0.05) is 25.1 Å². The Morgan fingerprint density at radius 1 is 1.48 bits per heavy atom. The maximum absolute atomic E-state index is 13.5. The number of halogens is 1. The third-order valence-corrected chi connectivity index (χ3v) is 3.16. The van der Waals surface area contributed by atoms with Gasteiger partial charge in [-0.3, -0.25) is 19.6 Å². The molecule has 2 rings (SSSR count). The van der Waals surface area contributed by atoms with Gasteiger partial charge in [0.05, 0.1) is 11.0 Å². The number of hydrogen-bond acceptors (Lipinski definition) is 5. The average Bonchev–Trinajstić information content (AvgIpc) is 3.00. The molecule has 122 valence electrons. The van der Waals surface area contributed by atoms with Crippen molar-refractivity contribution in [3.63, 3.8) is 0 Å². The van der Waals surface area contributed by atoms with E-state index in [2.05, 4.69) is 10.4 Å². The molecule has 1 amide bonds. The highest BCUT2D eigenvalue weighted by molar-refractivity contribution is 5.75. The van der Waals surface area contributed by atoms with Crippen molar-refractivity contribution in [3.05, 3.63) is 58.2 Å². The monoisotopic (exact) mass is 322 g/mol. The van der Waals surface area contributed by atoms with E-state index < -0.39 is 16.8 Å². The van der Waals surface area contributed by atoms with Crippen molar-refractivity contribution in [2.75, 3.05) is 6.54 Å². The van der Waals surface area contributed by atoms with Gasteiger partial charge in [-0.15, -0.1) is 0 Å². The van der Waals surface area contributed by atoms with Crippen molar-refractivity contribution in [1.82, 2.24) is 15.1 Å². The number of nitro groups is 1. The molecular formula is C14H15FN4O4. The Labute approximate surface area is 130 Å². The predicted molar refractivity (Wildman–Crippen MR) is 77.9 cm³/mol. The van der Waals surface area contributed by atoms with Gasteiger partial charge in [0.2, 0.25) is 5.91 Å². The molecule has 0 aliphatic rings. The second-order valence-corrected chi connectivity index (χ2v) is 4.81. The number of rotatable bonds is 7. The highest BCUT2D eigenvalue weighted by Gasteiger charge is 2.14. The van der Waals surface area contributed by atoms with Gasteiger partial charge in [-0.05, 0) is 6.07 Å². The van der Waals surface area contributed by atoms with Crippen molar-refractivity contribution in [2.24, 2.45) is 0 Å². The highest BCUT2D eigenvalue weighted by Crippen LogP contribution is 2.15. The van der Waals surface area contributed by atoms with Crippen LogP contribution in [-0.2, 0) is 11.3 Å². The Bertz CT molecular complexity index is 704. The molecule has 8 nitrogen and oxygen atoms in total. The minimum atomic E-state index is -1.15. The normalized spacial score (nSPS) is 11.9. The molecule has 0 saturated heterocycles. The average molecular weight is 322 g/mol. The van der Waals surface area contributed by atoms with Crippen LogP contribution in [0.1, 0.15) is 18.1 Å². The van der Waals surface area contributed by atoms with Crippen LogP contribution in [0.4, 0.5) is 10.1 Å². The number of aliphatic hydroxyl groups excluding tert-OH is 1. The summed E-state index contributed by atoms with van der Waals surface area (Å²) in [6.07, 6.45) is 1.20. The van der Waals surface area contributed by atoms with E-state index >= 15 is 0 Å². The molecule has 0 saturated carbocycles. The molecule has 0 aliphatic heterocycles. The van der Waals surface area contributed by atoms with Gasteiger partial charge in [-0.25, -0.2) is 4.39 Å². The standard InChI is InChI=1S/C14H15FN4O4/c15-12-4-2-1-3-11(12)13(20)8-16-14(21)5-6-18-9-10(7-17-18)19(22)23/h1-4,7,9,13,20H,5-6,8H2,(H,16,21). The van der Waals surface area contributed by atoms with Gasteiger partial charge in [0.1, 0.15) is 18.2 Å². The number of nitrogens with zero attached hydrogens (tertiary/aromatic N) is 3. The Balaban J connectivity index is 1.78. The third kappa shape index (κ3) is 4.58. The van der Waals surface area contributed by atoms with E-state index in [0.717, 1.165) is 6.20 Å². The van der Waals surface area contributed by atoms with Gasteiger partial charge >= 0.3 is 5.69 Å². The molecule has 0 spiro atoms. The summed E-state index contributed by atoms with van der Waals surface area (Å²) >= 11 is 0. The molecular weight excluding hydrogens is 307 g/mol. The minimum Gasteiger partial charge on any atom is -0.386 e. The number of carbonyl (C=O) groups is 1. The smallest absolute Gasteiger partial charge is 0.306 e. The number of benzene rings is 1. The molecule has 1 atom stereocenters. The van der Waals surface area contributed by atoms with Crippen LogP contribution in [0.25, 0.3) is 0 Å². The van der Waals surface area contributed by atoms with Crippen molar-refractivity contribution >= 4 is 11.6 Å². The second-order valence-electron chi connectivity index (χ2n) is 4.81. The first kappa shape index (κ1) is 16.6. The van der Waals surface area contributed by atoms with E-state index in [1.165, 1.54) is 29.1 Å². The topological polar surface area (TPSA) is 110 Å². The predicted octanol–water partition coefficient (Wildman–Crippen LogP) is 1.17. The van der Waals surface area contributed by atoms with Crippen LogP contribution in [-0.4, -0.2) is 32.3 Å². The number of amides is 1.